The second-order valence-corrected chi connectivity index (χ2v) is 7.92. The number of aliphatic hydroxyl groups excluding tert-OH is 1. The van der Waals surface area contributed by atoms with Gasteiger partial charge in [-0.05, 0) is 31.8 Å². The quantitative estimate of drug-likeness (QED) is 0.124. The molecule has 0 rings (SSSR count). The molecule has 0 aromatic heterocycles. The molecular weight excluding hydrogens is 384 g/mol. The zero-order valence-electron chi connectivity index (χ0n) is 20.1. The molecule has 0 bridgehead atoms. The second kappa shape index (κ2) is 21.3. The van der Waals surface area contributed by atoms with Crippen LogP contribution in [-0.4, -0.2) is 80.2 Å². The zero-order chi connectivity index (χ0) is 22.5. The molecule has 7 nitrogen and oxygen atoms in total. The molecule has 0 unspecified atom stereocenters. The van der Waals surface area contributed by atoms with E-state index in [1.807, 2.05) is 0 Å². The van der Waals surface area contributed by atoms with Crippen LogP contribution in [0.5, 0.6) is 0 Å². The zero-order valence-corrected chi connectivity index (χ0v) is 20.1. The minimum atomic E-state index is -0.788. The molecule has 180 valence electrons. The van der Waals surface area contributed by atoms with Crippen molar-refractivity contribution in [1.82, 2.24) is 9.80 Å². The number of carbonyl (C=O) groups is 1. The van der Waals surface area contributed by atoms with Crippen LogP contribution in [0.2, 0.25) is 0 Å². The third-order valence-corrected chi connectivity index (χ3v) is 5.53. The van der Waals surface area contributed by atoms with Crippen molar-refractivity contribution in [2.75, 3.05) is 59.1 Å². The number of aliphatic hydroxyl groups is 1. The van der Waals surface area contributed by atoms with Crippen LogP contribution < -0.4 is 0 Å². The lowest BCUT2D eigenvalue weighted by Gasteiger charge is -2.25. The Balaban J connectivity index is 4.08. The highest BCUT2D eigenvalue weighted by atomic mass is 17.2. The Morgan fingerprint density at radius 1 is 0.833 bits per heavy atom. The monoisotopic (exact) mass is 432 g/mol. The average molecular weight is 433 g/mol. The maximum absolute atomic E-state index is 11.8. The van der Waals surface area contributed by atoms with Gasteiger partial charge in [0.1, 0.15) is 6.61 Å². The van der Waals surface area contributed by atoms with E-state index in [0.29, 0.717) is 25.6 Å². The fraction of sp³-hybridized carbons (Fsp3) is 0.957. The lowest BCUT2D eigenvalue weighted by atomic mass is 9.96. The van der Waals surface area contributed by atoms with Crippen LogP contribution in [0.1, 0.15) is 79.1 Å². The number of hydrogen-bond acceptors (Lipinski definition) is 7. The highest BCUT2D eigenvalue weighted by Crippen LogP contribution is 2.18. The van der Waals surface area contributed by atoms with Crippen LogP contribution in [0.3, 0.4) is 0 Å². The molecular formula is C23H48N2O5. The van der Waals surface area contributed by atoms with Gasteiger partial charge in [0.25, 0.3) is 0 Å². The Kier molecular flexibility index (Phi) is 20.7. The summed E-state index contributed by atoms with van der Waals surface area (Å²) >= 11 is 0. The molecule has 30 heavy (non-hydrogen) atoms. The average Bonchev–Trinajstić information content (AvgIpc) is 2.74. The number of nitrogens with zero attached hydrogens (tertiary/aromatic N) is 2. The van der Waals surface area contributed by atoms with E-state index < -0.39 is 6.16 Å². The Hall–Kier alpha value is -0.890. The van der Waals surface area contributed by atoms with Gasteiger partial charge in [0, 0.05) is 26.2 Å². The van der Waals surface area contributed by atoms with E-state index in [4.69, 9.17) is 14.5 Å². The largest absolute Gasteiger partial charge is 0.540 e. The summed E-state index contributed by atoms with van der Waals surface area (Å²) < 4.78 is 5.13. The van der Waals surface area contributed by atoms with E-state index in [1.54, 1.807) is 0 Å². The Morgan fingerprint density at radius 2 is 1.43 bits per heavy atom. The highest BCUT2D eigenvalue weighted by Gasteiger charge is 2.13. The SMILES string of the molecule is CCCCCC(CCCCC)COOC(=O)OCCN(CCO)CCN(CC)CC. The predicted molar refractivity (Wildman–Crippen MR) is 121 cm³/mol. The van der Waals surface area contributed by atoms with Gasteiger partial charge in [0.15, 0.2) is 0 Å². The van der Waals surface area contributed by atoms with E-state index >= 15 is 0 Å². The van der Waals surface area contributed by atoms with Crippen molar-refractivity contribution in [1.29, 1.82) is 0 Å². The smallest absolute Gasteiger partial charge is 0.431 e. The first-order chi connectivity index (χ1) is 14.6. The molecule has 0 saturated heterocycles. The summed E-state index contributed by atoms with van der Waals surface area (Å²) in [7, 11) is 0. The normalized spacial score (nSPS) is 11.6. The van der Waals surface area contributed by atoms with Crippen molar-refractivity contribution in [3.05, 3.63) is 0 Å². The van der Waals surface area contributed by atoms with Gasteiger partial charge >= 0.3 is 6.16 Å². The summed E-state index contributed by atoms with van der Waals surface area (Å²) in [5.41, 5.74) is 0. The van der Waals surface area contributed by atoms with Crippen LogP contribution in [0, 0.1) is 5.92 Å². The van der Waals surface area contributed by atoms with E-state index in [2.05, 4.69) is 37.5 Å². The standard InChI is InChI=1S/C23H48N2O5/c1-5-9-11-13-22(14-12-10-6-2)21-29-30-23(27)28-20-18-25(17-19-26)16-15-24(7-3)8-4/h22,26H,5-21H2,1-4H3. The number of ether oxygens (including phenoxy) is 1. The molecule has 0 saturated carbocycles. The van der Waals surface area contributed by atoms with Crippen molar-refractivity contribution in [2.24, 2.45) is 5.92 Å². The van der Waals surface area contributed by atoms with E-state index in [9.17, 15) is 9.90 Å². The molecule has 0 aliphatic heterocycles. The van der Waals surface area contributed by atoms with Gasteiger partial charge in [-0.3, -0.25) is 9.79 Å². The van der Waals surface area contributed by atoms with Gasteiger partial charge in [-0.1, -0.05) is 66.2 Å². The summed E-state index contributed by atoms with van der Waals surface area (Å²) in [6.07, 6.45) is 8.67. The van der Waals surface area contributed by atoms with E-state index in [1.165, 1.54) is 38.5 Å². The molecule has 0 heterocycles. The molecule has 0 aromatic rings. The Bertz CT molecular complexity index is 361. The Morgan fingerprint density at radius 3 is 1.97 bits per heavy atom. The van der Waals surface area contributed by atoms with Gasteiger partial charge in [-0.25, -0.2) is 4.79 Å². The minimum absolute atomic E-state index is 0.0866. The molecule has 0 atom stereocenters. The molecule has 0 aromatic carbocycles. The summed E-state index contributed by atoms with van der Waals surface area (Å²) in [5, 5.41) is 9.24. The first-order valence-corrected chi connectivity index (χ1v) is 12.1. The second-order valence-electron chi connectivity index (χ2n) is 7.92. The van der Waals surface area contributed by atoms with Crippen LogP contribution in [0.4, 0.5) is 4.79 Å². The molecule has 7 heteroatoms. The van der Waals surface area contributed by atoms with E-state index in [0.717, 1.165) is 39.0 Å². The number of hydrogen-bond donors (Lipinski definition) is 1. The van der Waals surface area contributed by atoms with Gasteiger partial charge in [-0.15, -0.1) is 0 Å². The van der Waals surface area contributed by atoms with Gasteiger partial charge in [-0.2, -0.15) is 4.89 Å². The van der Waals surface area contributed by atoms with Crippen molar-refractivity contribution in [3.63, 3.8) is 0 Å². The fourth-order valence-electron chi connectivity index (χ4n) is 3.44. The van der Waals surface area contributed by atoms with Crippen LogP contribution >= 0.6 is 0 Å². The number of likely N-dealkylation sites (N-methyl/N-ethyl adjacent to an activating group) is 1. The maximum Gasteiger partial charge on any atom is 0.540 e. The first kappa shape index (κ1) is 29.1. The highest BCUT2D eigenvalue weighted by molar-refractivity contribution is 5.58. The lowest BCUT2D eigenvalue weighted by Crippen LogP contribution is -2.38. The summed E-state index contributed by atoms with van der Waals surface area (Å²) in [5.74, 6) is 0.427. The van der Waals surface area contributed by atoms with Crippen molar-refractivity contribution >= 4 is 6.16 Å². The third-order valence-electron chi connectivity index (χ3n) is 5.53. The van der Waals surface area contributed by atoms with Crippen molar-refractivity contribution < 1.29 is 24.4 Å². The first-order valence-electron chi connectivity index (χ1n) is 12.1. The molecule has 1 N–H and O–H groups in total. The van der Waals surface area contributed by atoms with Gasteiger partial charge < -0.3 is 14.7 Å². The summed E-state index contributed by atoms with van der Waals surface area (Å²) in [4.78, 5) is 26.2. The topological polar surface area (TPSA) is 71.5 Å². The van der Waals surface area contributed by atoms with E-state index in [-0.39, 0.29) is 13.2 Å². The van der Waals surface area contributed by atoms with Gasteiger partial charge in [0.05, 0.1) is 13.2 Å². The Labute approximate surface area is 185 Å². The number of carbonyl (C=O) groups excluding carboxylic acids is 1. The number of rotatable bonds is 21. The summed E-state index contributed by atoms with van der Waals surface area (Å²) in [6.45, 7) is 14.3. The molecule has 0 spiro atoms. The summed E-state index contributed by atoms with van der Waals surface area (Å²) in [6, 6.07) is 0. The fourth-order valence-corrected chi connectivity index (χ4v) is 3.44. The minimum Gasteiger partial charge on any atom is -0.431 e. The molecule has 0 fully saturated rings. The molecule has 0 aliphatic rings. The molecule has 0 amide bonds. The molecule has 0 radical (unpaired) electrons. The lowest BCUT2D eigenvalue weighted by molar-refractivity contribution is -0.263. The maximum atomic E-state index is 11.8. The van der Waals surface area contributed by atoms with Gasteiger partial charge in [0.2, 0.25) is 0 Å². The molecule has 0 aliphatic carbocycles. The van der Waals surface area contributed by atoms with Crippen molar-refractivity contribution in [3.8, 4) is 0 Å². The van der Waals surface area contributed by atoms with Crippen molar-refractivity contribution in [2.45, 2.75) is 79.1 Å². The predicted octanol–water partition coefficient (Wildman–Crippen LogP) is 4.48. The van der Waals surface area contributed by atoms with Crippen LogP contribution in [-0.2, 0) is 14.5 Å². The van der Waals surface area contributed by atoms with Crippen LogP contribution in [0.25, 0.3) is 0 Å². The number of unbranched alkanes of at least 4 members (excludes halogenated alkanes) is 4. The van der Waals surface area contributed by atoms with Crippen LogP contribution in [0.15, 0.2) is 0 Å². The third kappa shape index (κ3) is 16.9.